The molecule has 6 heteroatoms. The van der Waals surface area contributed by atoms with Crippen molar-refractivity contribution in [2.24, 2.45) is 17.6 Å². The molecule has 2 rings (SSSR count). The van der Waals surface area contributed by atoms with Crippen LogP contribution in [0.2, 0.25) is 0 Å². The normalized spacial score (nSPS) is 32.4. The Bertz CT molecular complexity index is 337. The maximum Gasteiger partial charge on any atom is 0.317 e. The van der Waals surface area contributed by atoms with E-state index in [1.807, 2.05) is 0 Å². The second-order valence-corrected chi connectivity index (χ2v) is 5.52. The SMILES string of the molecule is NC(=O)[C@H]1CCCC2CCN(CCCl)C(=O)NC21. The van der Waals surface area contributed by atoms with Crippen molar-refractivity contribution in [1.82, 2.24) is 10.2 Å². The molecule has 1 saturated carbocycles. The number of carbonyl (C=O) groups is 2. The summed E-state index contributed by atoms with van der Waals surface area (Å²) in [6, 6.07) is -0.208. The van der Waals surface area contributed by atoms with Crippen molar-refractivity contribution in [3.05, 3.63) is 0 Å². The fourth-order valence-corrected chi connectivity index (χ4v) is 3.33. The number of hydrogen-bond acceptors (Lipinski definition) is 2. The van der Waals surface area contributed by atoms with E-state index in [1.54, 1.807) is 4.90 Å². The highest BCUT2D eigenvalue weighted by Crippen LogP contribution is 2.33. The summed E-state index contributed by atoms with van der Waals surface area (Å²) in [5.41, 5.74) is 5.44. The number of primary amides is 1. The van der Waals surface area contributed by atoms with E-state index < -0.39 is 0 Å². The lowest BCUT2D eigenvalue weighted by atomic mass is 9.75. The molecule has 1 heterocycles. The molecule has 102 valence electrons. The Balaban J connectivity index is 2.11. The van der Waals surface area contributed by atoms with Crippen LogP contribution in [0.5, 0.6) is 0 Å². The zero-order chi connectivity index (χ0) is 13.1. The summed E-state index contributed by atoms with van der Waals surface area (Å²) in [5.74, 6) is 0.280. The van der Waals surface area contributed by atoms with Gasteiger partial charge in [0, 0.05) is 25.0 Å². The number of alkyl halides is 1. The van der Waals surface area contributed by atoms with Crippen LogP contribution in [-0.2, 0) is 4.79 Å². The summed E-state index contributed by atoms with van der Waals surface area (Å²) in [4.78, 5) is 25.2. The Morgan fingerprint density at radius 1 is 1.44 bits per heavy atom. The van der Waals surface area contributed by atoms with Gasteiger partial charge in [0.1, 0.15) is 0 Å². The summed E-state index contributed by atoms with van der Waals surface area (Å²) in [5, 5.41) is 2.97. The number of urea groups is 1. The van der Waals surface area contributed by atoms with Crippen molar-refractivity contribution in [2.45, 2.75) is 31.7 Å². The van der Waals surface area contributed by atoms with Gasteiger partial charge in [-0.05, 0) is 25.2 Å². The highest BCUT2D eigenvalue weighted by atomic mass is 35.5. The molecule has 1 saturated heterocycles. The third-order valence-electron chi connectivity index (χ3n) is 4.10. The number of carbonyl (C=O) groups excluding carboxylic acids is 2. The first-order chi connectivity index (χ1) is 8.63. The van der Waals surface area contributed by atoms with Crippen LogP contribution in [0.1, 0.15) is 25.7 Å². The molecular formula is C12H20ClN3O2. The molecule has 0 radical (unpaired) electrons. The van der Waals surface area contributed by atoms with E-state index in [2.05, 4.69) is 5.32 Å². The second kappa shape index (κ2) is 5.78. The van der Waals surface area contributed by atoms with Gasteiger partial charge < -0.3 is 16.0 Å². The summed E-state index contributed by atoms with van der Waals surface area (Å²) < 4.78 is 0. The van der Waals surface area contributed by atoms with Gasteiger partial charge in [0.15, 0.2) is 0 Å². The first-order valence-corrected chi connectivity index (χ1v) is 7.07. The van der Waals surface area contributed by atoms with Gasteiger partial charge in [-0.2, -0.15) is 0 Å². The van der Waals surface area contributed by atoms with Crippen LogP contribution >= 0.6 is 11.6 Å². The minimum Gasteiger partial charge on any atom is -0.369 e. The van der Waals surface area contributed by atoms with E-state index in [-0.39, 0.29) is 23.9 Å². The van der Waals surface area contributed by atoms with Crippen LogP contribution in [0.4, 0.5) is 4.79 Å². The zero-order valence-electron chi connectivity index (χ0n) is 10.4. The van der Waals surface area contributed by atoms with E-state index in [4.69, 9.17) is 17.3 Å². The first-order valence-electron chi connectivity index (χ1n) is 6.54. The number of halogens is 1. The fraction of sp³-hybridized carbons (Fsp3) is 0.833. The Morgan fingerprint density at radius 3 is 2.89 bits per heavy atom. The van der Waals surface area contributed by atoms with Gasteiger partial charge in [-0.15, -0.1) is 11.6 Å². The standard InChI is InChI=1S/C12H20ClN3O2/c13-5-7-16-6-4-8-2-1-3-9(11(14)17)10(8)15-12(16)18/h8-10H,1-7H2,(H2,14,17)(H,15,18)/t8?,9-,10?/m0/s1. The maximum absolute atomic E-state index is 12.0. The molecule has 2 unspecified atom stereocenters. The van der Waals surface area contributed by atoms with Gasteiger partial charge in [0.2, 0.25) is 5.91 Å². The van der Waals surface area contributed by atoms with E-state index >= 15 is 0 Å². The Hall–Kier alpha value is -0.970. The van der Waals surface area contributed by atoms with Gasteiger partial charge in [-0.1, -0.05) is 6.42 Å². The molecule has 1 aliphatic heterocycles. The highest BCUT2D eigenvalue weighted by Gasteiger charge is 2.39. The maximum atomic E-state index is 12.0. The third kappa shape index (κ3) is 2.71. The van der Waals surface area contributed by atoms with Gasteiger partial charge in [-0.3, -0.25) is 4.79 Å². The molecule has 0 bridgehead atoms. The Labute approximate surface area is 112 Å². The fourth-order valence-electron chi connectivity index (χ4n) is 3.12. The van der Waals surface area contributed by atoms with Crippen molar-refractivity contribution < 1.29 is 9.59 Å². The largest absolute Gasteiger partial charge is 0.369 e. The number of hydrogen-bond donors (Lipinski definition) is 2. The van der Waals surface area contributed by atoms with Gasteiger partial charge >= 0.3 is 6.03 Å². The van der Waals surface area contributed by atoms with Crippen molar-refractivity contribution in [1.29, 1.82) is 0 Å². The number of nitrogens with two attached hydrogens (primary N) is 1. The van der Waals surface area contributed by atoms with E-state index in [0.29, 0.717) is 24.9 Å². The third-order valence-corrected chi connectivity index (χ3v) is 4.27. The van der Waals surface area contributed by atoms with Crippen LogP contribution in [-0.4, -0.2) is 41.8 Å². The topological polar surface area (TPSA) is 75.4 Å². The zero-order valence-corrected chi connectivity index (χ0v) is 11.2. The van der Waals surface area contributed by atoms with E-state index in [0.717, 1.165) is 25.7 Å². The molecule has 18 heavy (non-hydrogen) atoms. The van der Waals surface area contributed by atoms with Crippen LogP contribution in [0.3, 0.4) is 0 Å². The Kier molecular flexibility index (Phi) is 4.32. The van der Waals surface area contributed by atoms with E-state index in [9.17, 15) is 9.59 Å². The minimum atomic E-state index is -0.296. The lowest BCUT2D eigenvalue weighted by molar-refractivity contribution is -0.124. The van der Waals surface area contributed by atoms with Crippen molar-refractivity contribution in [2.75, 3.05) is 19.0 Å². The molecule has 0 aromatic rings. The van der Waals surface area contributed by atoms with Crippen molar-refractivity contribution in [3.8, 4) is 0 Å². The Morgan fingerprint density at radius 2 is 2.22 bits per heavy atom. The second-order valence-electron chi connectivity index (χ2n) is 5.14. The number of fused-ring (bicyclic) bond motifs is 1. The molecule has 5 nitrogen and oxygen atoms in total. The lowest BCUT2D eigenvalue weighted by Crippen LogP contribution is -2.52. The average molecular weight is 274 g/mol. The molecule has 0 aromatic heterocycles. The molecule has 0 spiro atoms. The molecule has 3 amide bonds. The van der Waals surface area contributed by atoms with Crippen LogP contribution in [0, 0.1) is 11.8 Å². The predicted octanol–water partition coefficient (Wildman–Crippen LogP) is 0.911. The molecule has 3 atom stereocenters. The molecule has 2 fully saturated rings. The number of amides is 3. The summed E-state index contributed by atoms with van der Waals surface area (Å²) in [6.45, 7) is 1.26. The van der Waals surface area contributed by atoms with Gasteiger partial charge in [0.25, 0.3) is 0 Å². The van der Waals surface area contributed by atoms with Crippen LogP contribution < -0.4 is 11.1 Å². The minimum absolute atomic E-state index is 0.0934. The van der Waals surface area contributed by atoms with Crippen LogP contribution in [0.15, 0.2) is 0 Å². The van der Waals surface area contributed by atoms with Gasteiger partial charge in [0.05, 0.1) is 5.92 Å². The van der Waals surface area contributed by atoms with Crippen LogP contribution in [0.25, 0.3) is 0 Å². The molecule has 2 aliphatic rings. The number of rotatable bonds is 3. The molecule has 1 aliphatic carbocycles. The average Bonchev–Trinajstić information content (AvgIpc) is 2.49. The molecule has 3 N–H and O–H groups in total. The quantitative estimate of drug-likeness (QED) is 0.750. The summed E-state index contributed by atoms with van der Waals surface area (Å²) in [6.07, 6.45) is 3.78. The summed E-state index contributed by atoms with van der Waals surface area (Å²) >= 11 is 5.69. The first kappa shape index (κ1) is 13.5. The summed E-state index contributed by atoms with van der Waals surface area (Å²) in [7, 11) is 0. The van der Waals surface area contributed by atoms with Gasteiger partial charge in [-0.25, -0.2) is 4.79 Å². The predicted molar refractivity (Wildman–Crippen MR) is 69.3 cm³/mol. The smallest absolute Gasteiger partial charge is 0.317 e. The highest BCUT2D eigenvalue weighted by molar-refractivity contribution is 6.18. The molecular weight excluding hydrogens is 254 g/mol. The number of nitrogens with one attached hydrogen (secondary N) is 1. The van der Waals surface area contributed by atoms with Crippen molar-refractivity contribution >= 4 is 23.5 Å². The molecule has 0 aromatic carbocycles. The lowest BCUT2D eigenvalue weighted by Gasteiger charge is -2.35. The van der Waals surface area contributed by atoms with E-state index in [1.165, 1.54) is 0 Å². The van der Waals surface area contributed by atoms with Crippen molar-refractivity contribution in [3.63, 3.8) is 0 Å². The monoisotopic (exact) mass is 273 g/mol. The number of nitrogens with zero attached hydrogens (tertiary/aromatic N) is 1.